The number of fused-ring (bicyclic) bond motifs is 1. The van der Waals surface area contributed by atoms with Crippen molar-refractivity contribution in [1.82, 2.24) is 5.32 Å². The molecule has 2 nitrogen and oxygen atoms in total. The molecule has 2 N–H and O–H groups in total. The Kier molecular flexibility index (Phi) is 4.16. The fraction of sp³-hybridized carbons (Fsp3) is 0.182. The van der Waals surface area contributed by atoms with Crippen molar-refractivity contribution >= 4 is 0 Å². The average Bonchev–Trinajstić information content (AvgIpc) is 2.94. The third kappa shape index (κ3) is 2.75. The first-order valence-corrected chi connectivity index (χ1v) is 8.44. The average molecular weight is 315 g/mol. The quantitative estimate of drug-likeness (QED) is 0.762. The van der Waals surface area contributed by atoms with Gasteiger partial charge in [0.05, 0.1) is 6.10 Å². The predicted octanol–water partition coefficient (Wildman–Crippen LogP) is 4.02. The molecule has 24 heavy (non-hydrogen) atoms. The number of nitrogens with one attached hydrogen (secondary N) is 1. The topological polar surface area (TPSA) is 32.3 Å². The van der Waals surface area contributed by atoms with Crippen LogP contribution in [0.5, 0.6) is 0 Å². The molecule has 3 aromatic carbocycles. The molecular formula is C22H21NO. The van der Waals surface area contributed by atoms with Crippen molar-refractivity contribution in [2.24, 2.45) is 0 Å². The first-order valence-electron chi connectivity index (χ1n) is 8.44. The number of hydrogen-bond donors (Lipinski definition) is 2. The van der Waals surface area contributed by atoms with E-state index in [-0.39, 0.29) is 12.0 Å². The van der Waals surface area contributed by atoms with Crippen LogP contribution in [0.1, 0.15) is 34.3 Å². The van der Waals surface area contributed by atoms with E-state index in [0.29, 0.717) is 0 Å². The molecule has 0 saturated carbocycles. The van der Waals surface area contributed by atoms with Gasteiger partial charge in [0.1, 0.15) is 0 Å². The van der Waals surface area contributed by atoms with Gasteiger partial charge < -0.3 is 10.4 Å². The molecule has 3 aromatic rings. The van der Waals surface area contributed by atoms with Crippen LogP contribution in [0.15, 0.2) is 84.9 Å². The van der Waals surface area contributed by atoms with Crippen LogP contribution in [-0.4, -0.2) is 11.1 Å². The largest absolute Gasteiger partial charge is 0.387 e. The van der Waals surface area contributed by atoms with Crippen LogP contribution >= 0.6 is 0 Å². The van der Waals surface area contributed by atoms with Crippen LogP contribution in [0, 0.1) is 0 Å². The summed E-state index contributed by atoms with van der Waals surface area (Å²) in [6.07, 6.45) is -0.491. The van der Waals surface area contributed by atoms with E-state index in [9.17, 15) is 5.11 Å². The third-order valence-corrected chi connectivity index (χ3v) is 4.89. The van der Waals surface area contributed by atoms with Crippen molar-refractivity contribution in [1.29, 1.82) is 0 Å². The van der Waals surface area contributed by atoms with Crippen LogP contribution in [0.4, 0.5) is 0 Å². The van der Waals surface area contributed by atoms with Crippen molar-refractivity contribution in [3.63, 3.8) is 0 Å². The van der Waals surface area contributed by atoms with E-state index >= 15 is 0 Å². The molecule has 1 aliphatic rings. The van der Waals surface area contributed by atoms with Gasteiger partial charge in [-0.2, -0.15) is 0 Å². The molecule has 4 rings (SSSR count). The van der Waals surface area contributed by atoms with Crippen LogP contribution in [0.2, 0.25) is 0 Å². The van der Waals surface area contributed by atoms with E-state index < -0.39 is 6.10 Å². The van der Waals surface area contributed by atoms with Crippen LogP contribution in [0.25, 0.3) is 0 Å². The molecule has 0 aromatic heterocycles. The van der Waals surface area contributed by atoms with Gasteiger partial charge in [0.25, 0.3) is 0 Å². The Balaban J connectivity index is 1.66. The van der Waals surface area contributed by atoms with Gasteiger partial charge in [-0.1, -0.05) is 84.9 Å². The molecule has 0 fully saturated rings. The summed E-state index contributed by atoms with van der Waals surface area (Å²) in [6, 6.07) is 29.0. The Morgan fingerprint density at radius 3 is 2.00 bits per heavy atom. The van der Waals surface area contributed by atoms with Crippen molar-refractivity contribution in [3.8, 4) is 0 Å². The summed E-state index contributed by atoms with van der Waals surface area (Å²) in [5.41, 5.74) is 4.73. The molecule has 0 heterocycles. The lowest BCUT2D eigenvalue weighted by Gasteiger charge is -2.25. The lowest BCUT2D eigenvalue weighted by atomic mass is 9.90. The molecule has 0 amide bonds. The van der Waals surface area contributed by atoms with Crippen molar-refractivity contribution in [3.05, 3.63) is 107 Å². The van der Waals surface area contributed by atoms with E-state index in [1.165, 1.54) is 16.7 Å². The summed E-state index contributed by atoms with van der Waals surface area (Å²) in [5, 5.41) is 14.5. The maximum absolute atomic E-state index is 10.9. The summed E-state index contributed by atoms with van der Waals surface area (Å²) in [7, 11) is 0. The molecule has 2 heteroatoms. The van der Waals surface area contributed by atoms with Gasteiger partial charge in [-0.3, -0.25) is 0 Å². The second-order valence-electron chi connectivity index (χ2n) is 6.35. The highest BCUT2D eigenvalue weighted by Crippen LogP contribution is 2.44. The van der Waals surface area contributed by atoms with E-state index in [1.807, 2.05) is 36.4 Å². The van der Waals surface area contributed by atoms with Crippen molar-refractivity contribution < 1.29 is 5.11 Å². The SMILES string of the molecule is OC1c2ccccc2C(c2ccccc2)C1NCc1ccccc1. The van der Waals surface area contributed by atoms with Gasteiger partial charge in [-0.15, -0.1) is 0 Å². The summed E-state index contributed by atoms with van der Waals surface area (Å²) in [4.78, 5) is 0. The van der Waals surface area contributed by atoms with Crippen LogP contribution < -0.4 is 5.32 Å². The lowest BCUT2D eigenvalue weighted by molar-refractivity contribution is 0.135. The smallest absolute Gasteiger partial charge is 0.0955 e. The number of hydrogen-bond acceptors (Lipinski definition) is 2. The van der Waals surface area contributed by atoms with Gasteiger partial charge in [0.2, 0.25) is 0 Å². The Bertz CT molecular complexity index is 800. The molecule has 0 bridgehead atoms. The molecule has 0 spiro atoms. The molecule has 0 aliphatic heterocycles. The minimum Gasteiger partial charge on any atom is -0.387 e. The predicted molar refractivity (Wildman–Crippen MR) is 96.8 cm³/mol. The molecule has 3 atom stereocenters. The summed E-state index contributed by atoms with van der Waals surface area (Å²) in [5.74, 6) is 0.168. The van der Waals surface area contributed by atoms with E-state index in [1.54, 1.807) is 0 Å². The Morgan fingerprint density at radius 2 is 1.29 bits per heavy atom. The number of rotatable bonds is 4. The first kappa shape index (κ1) is 15.1. The zero-order valence-electron chi connectivity index (χ0n) is 13.5. The zero-order chi connectivity index (χ0) is 16.4. The minimum absolute atomic E-state index is 0.0231. The molecule has 3 unspecified atom stereocenters. The molecule has 120 valence electrons. The minimum atomic E-state index is -0.491. The Morgan fingerprint density at radius 1 is 0.708 bits per heavy atom. The van der Waals surface area contributed by atoms with Gasteiger partial charge in [0, 0.05) is 18.5 Å². The monoisotopic (exact) mass is 315 g/mol. The van der Waals surface area contributed by atoms with Crippen LogP contribution in [0.3, 0.4) is 0 Å². The molecule has 0 saturated heterocycles. The number of aliphatic hydroxyl groups excluding tert-OH is 1. The third-order valence-electron chi connectivity index (χ3n) is 4.89. The highest BCUT2D eigenvalue weighted by Gasteiger charge is 2.39. The van der Waals surface area contributed by atoms with Crippen LogP contribution in [-0.2, 0) is 6.54 Å². The highest BCUT2D eigenvalue weighted by atomic mass is 16.3. The Labute approximate surface area is 142 Å². The van der Waals surface area contributed by atoms with Gasteiger partial charge in [-0.25, -0.2) is 0 Å². The molecular weight excluding hydrogens is 294 g/mol. The maximum Gasteiger partial charge on any atom is 0.0955 e. The highest BCUT2D eigenvalue weighted by molar-refractivity contribution is 5.46. The van der Waals surface area contributed by atoms with Gasteiger partial charge >= 0.3 is 0 Å². The fourth-order valence-electron chi connectivity index (χ4n) is 3.74. The maximum atomic E-state index is 10.9. The standard InChI is InChI=1S/C22H21NO/c24-22-19-14-8-7-13-18(19)20(17-11-5-2-6-12-17)21(22)23-15-16-9-3-1-4-10-16/h1-14,20-24H,15H2. The summed E-state index contributed by atoms with van der Waals surface area (Å²) >= 11 is 0. The molecule has 0 radical (unpaired) electrons. The first-order chi connectivity index (χ1) is 11.8. The zero-order valence-corrected chi connectivity index (χ0v) is 13.5. The normalized spacial score (nSPS) is 22.3. The number of benzene rings is 3. The second-order valence-corrected chi connectivity index (χ2v) is 6.35. The van der Waals surface area contributed by atoms with Gasteiger partial charge in [-0.05, 0) is 22.3 Å². The number of aliphatic hydroxyl groups is 1. The summed E-state index contributed by atoms with van der Waals surface area (Å²) < 4.78 is 0. The van der Waals surface area contributed by atoms with E-state index in [0.717, 1.165) is 12.1 Å². The molecule has 1 aliphatic carbocycles. The second kappa shape index (κ2) is 6.60. The van der Waals surface area contributed by atoms with E-state index in [4.69, 9.17) is 0 Å². The fourth-order valence-corrected chi connectivity index (χ4v) is 3.74. The van der Waals surface area contributed by atoms with Gasteiger partial charge in [0.15, 0.2) is 0 Å². The van der Waals surface area contributed by atoms with Crippen molar-refractivity contribution in [2.45, 2.75) is 24.6 Å². The Hall–Kier alpha value is -2.42. The lowest BCUT2D eigenvalue weighted by Crippen LogP contribution is -2.35. The summed E-state index contributed by atoms with van der Waals surface area (Å²) in [6.45, 7) is 0.750. The van der Waals surface area contributed by atoms with E-state index in [2.05, 4.69) is 53.8 Å². The van der Waals surface area contributed by atoms with Crippen molar-refractivity contribution in [2.75, 3.05) is 0 Å².